The SMILES string of the molecule is CC(C)OC(C)C(=O)Nc1cccc(N)c1. The second kappa shape index (κ2) is 5.51. The molecule has 1 atom stereocenters. The van der Waals surface area contributed by atoms with Gasteiger partial charge in [-0.2, -0.15) is 0 Å². The van der Waals surface area contributed by atoms with Crippen LogP contribution in [0.3, 0.4) is 0 Å². The minimum Gasteiger partial charge on any atom is -0.399 e. The number of anilines is 2. The minimum atomic E-state index is -0.471. The second-order valence-electron chi connectivity index (χ2n) is 3.94. The zero-order valence-electron chi connectivity index (χ0n) is 9.86. The molecular weight excluding hydrogens is 204 g/mol. The van der Waals surface area contributed by atoms with Crippen molar-refractivity contribution in [3.63, 3.8) is 0 Å². The molecule has 0 aliphatic rings. The number of ether oxygens (including phenoxy) is 1. The molecule has 0 saturated heterocycles. The summed E-state index contributed by atoms with van der Waals surface area (Å²) < 4.78 is 5.37. The van der Waals surface area contributed by atoms with E-state index < -0.39 is 6.10 Å². The van der Waals surface area contributed by atoms with Crippen LogP contribution in [0.2, 0.25) is 0 Å². The maximum Gasteiger partial charge on any atom is 0.253 e. The maximum absolute atomic E-state index is 11.7. The van der Waals surface area contributed by atoms with E-state index in [1.54, 1.807) is 31.2 Å². The molecule has 3 N–H and O–H groups in total. The van der Waals surface area contributed by atoms with Crippen LogP contribution in [0.25, 0.3) is 0 Å². The molecule has 0 saturated carbocycles. The van der Waals surface area contributed by atoms with E-state index in [4.69, 9.17) is 10.5 Å². The molecule has 0 bridgehead atoms. The third-order valence-electron chi connectivity index (χ3n) is 2.00. The van der Waals surface area contributed by atoms with Gasteiger partial charge in [-0.1, -0.05) is 6.07 Å². The van der Waals surface area contributed by atoms with E-state index in [-0.39, 0.29) is 12.0 Å². The van der Waals surface area contributed by atoms with Gasteiger partial charge in [0, 0.05) is 11.4 Å². The highest BCUT2D eigenvalue weighted by molar-refractivity contribution is 5.94. The number of rotatable bonds is 4. The zero-order valence-corrected chi connectivity index (χ0v) is 9.86. The van der Waals surface area contributed by atoms with Crippen molar-refractivity contribution in [1.82, 2.24) is 0 Å². The van der Waals surface area contributed by atoms with Gasteiger partial charge in [-0.3, -0.25) is 4.79 Å². The highest BCUT2D eigenvalue weighted by atomic mass is 16.5. The van der Waals surface area contributed by atoms with E-state index in [2.05, 4.69) is 5.32 Å². The van der Waals surface area contributed by atoms with E-state index >= 15 is 0 Å². The number of amides is 1. The lowest BCUT2D eigenvalue weighted by atomic mass is 10.2. The molecule has 0 radical (unpaired) electrons. The lowest BCUT2D eigenvalue weighted by molar-refractivity contribution is -0.128. The van der Waals surface area contributed by atoms with E-state index in [1.165, 1.54) is 0 Å². The highest BCUT2D eigenvalue weighted by Crippen LogP contribution is 2.12. The fourth-order valence-corrected chi connectivity index (χ4v) is 1.33. The predicted octanol–water partition coefficient (Wildman–Crippen LogP) is 2.02. The van der Waals surface area contributed by atoms with Gasteiger partial charge in [0.1, 0.15) is 6.10 Å². The van der Waals surface area contributed by atoms with Gasteiger partial charge in [-0.05, 0) is 39.0 Å². The number of nitrogens with one attached hydrogen (secondary N) is 1. The molecular formula is C12H18N2O2. The average molecular weight is 222 g/mol. The summed E-state index contributed by atoms with van der Waals surface area (Å²) in [6.45, 7) is 5.51. The Hall–Kier alpha value is -1.55. The molecule has 0 aliphatic heterocycles. The Kier molecular flexibility index (Phi) is 4.31. The van der Waals surface area contributed by atoms with Crippen molar-refractivity contribution in [2.75, 3.05) is 11.1 Å². The molecule has 1 rings (SSSR count). The van der Waals surface area contributed by atoms with Gasteiger partial charge in [0.25, 0.3) is 5.91 Å². The lowest BCUT2D eigenvalue weighted by Gasteiger charge is -2.15. The summed E-state index contributed by atoms with van der Waals surface area (Å²) in [7, 11) is 0. The van der Waals surface area contributed by atoms with Crippen molar-refractivity contribution in [3.8, 4) is 0 Å². The minimum absolute atomic E-state index is 0.0293. The van der Waals surface area contributed by atoms with Gasteiger partial charge in [-0.15, -0.1) is 0 Å². The van der Waals surface area contributed by atoms with Gasteiger partial charge in [0.05, 0.1) is 6.10 Å². The zero-order chi connectivity index (χ0) is 12.1. The molecule has 88 valence electrons. The van der Waals surface area contributed by atoms with E-state index in [0.717, 1.165) is 0 Å². The quantitative estimate of drug-likeness (QED) is 0.766. The molecule has 0 aliphatic carbocycles. The van der Waals surface area contributed by atoms with Crippen molar-refractivity contribution in [1.29, 1.82) is 0 Å². The summed E-state index contributed by atoms with van der Waals surface area (Å²) in [6, 6.07) is 7.05. The molecule has 0 fully saturated rings. The Balaban J connectivity index is 2.57. The predicted molar refractivity (Wildman–Crippen MR) is 65.2 cm³/mol. The molecule has 1 aromatic rings. The van der Waals surface area contributed by atoms with Crippen LogP contribution >= 0.6 is 0 Å². The normalized spacial score (nSPS) is 12.5. The van der Waals surface area contributed by atoms with Crippen LogP contribution in [-0.4, -0.2) is 18.1 Å². The molecule has 1 unspecified atom stereocenters. The van der Waals surface area contributed by atoms with Gasteiger partial charge >= 0.3 is 0 Å². The summed E-state index contributed by atoms with van der Waals surface area (Å²) in [6.07, 6.45) is -0.442. The summed E-state index contributed by atoms with van der Waals surface area (Å²) in [5.41, 5.74) is 6.91. The Labute approximate surface area is 95.8 Å². The van der Waals surface area contributed by atoms with Crippen molar-refractivity contribution in [3.05, 3.63) is 24.3 Å². The van der Waals surface area contributed by atoms with E-state index in [1.807, 2.05) is 13.8 Å². The third kappa shape index (κ3) is 3.90. The summed E-state index contributed by atoms with van der Waals surface area (Å²) >= 11 is 0. The van der Waals surface area contributed by atoms with Crippen LogP contribution in [0.1, 0.15) is 20.8 Å². The molecule has 1 aromatic carbocycles. The van der Waals surface area contributed by atoms with Crippen LogP contribution < -0.4 is 11.1 Å². The monoisotopic (exact) mass is 222 g/mol. The number of hydrogen-bond donors (Lipinski definition) is 2. The number of nitrogens with two attached hydrogens (primary N) is 1. The summed E-state index contributed by atoms with van der Waals surface area (Å²) in [5.74, 6) is -0.167. The molecule has 1 amide bonds. The Morgan fingerprint density at radius 3 is 2.62 bits per heavy atom. The Bertz CT molecular complexity index is 364. The number of nitrogen functional groups attached to an aromatic ring is 1. The maximum atomic E-state index is 11.7. The van der Waals surface area contributed by atoms with Crippen molar-refractivity contribution >= 4 is 17.3 Å². The van der Waals surface area contributed by atoms with Crippen LogP contribution in [0.4, 0.5) is 11.4 Å². The fraction of sp³-hybridized carbons (Fsp3) is 0.417. The summed E-state index contributed by atoms with van der Waals surface area (Å²) in [5, 5.41) is 2.74. The van der Waals surface area contributed by atoms with E-state index in [9.17, 15) is 4.79 Å². The van der Waals surface area contributed by atoms with Gasteiger partial charge < -0.3 is 15.8 Å². The van der Waals surface area contributed by atoms with Crippen molar-refractivity contribution in [2.45, 2.75) is 33.0 Å². The van der Waals surface area contributed by atoms with Crippen LogP contribution in [0.15, 0.2) is 24.3 Å². The van der Waals surface area contributed by atoms with Crippen LogP contribution in [0, 0.1) is 0 Å². The van der Waals surface area contributed by atoms with Crippen molar-refractivity contribution < 1.29 is 9.53 Å². The number of benzene rings is 1. The Morgan fingerprint density at radius 1 is 1.38 bits per heavy atom. The molecule has 0 heterocycles. The molecule has 16 heavy (non-hydrogen) atoms. The summed E-state index contributed by atoms with van der Waals surface area (Å²) in [4.78, 5) is 11.7. The smallest absolute Gasteiger partial charge is 0.253 e. The van der Waals surface area contributed by atoms with Gasteiger partial charge in [0.2, 0.25) is 0 Å². The molecule has 0 aromatic heterocycles. The fourth-order valence-electron chi connectivity index (χ4n) is 1.33. The second-order valence-corrected chi connectivity index (χ2v) is 3.94. The first-order valence-electron chi connectivity index (χ1n) is 5.31. The third-order valence-corrected chi connectivity index (χ3v) is 2.00. The van der Waals surface area contributed by atoms with Crippen LogP contribution in [-0.2, 0) is 9.53 Å². The number of carbonyl (C=O) groups excluding carboxylic acids is 1. The Morgan fingerprint density at radius 2 is 2.06 bits per heavy atom. The topological polar surface area (TPSA) is 64.3 Å². The van der Waals surface area contributed by atoms with Gasteiger partial charge in [0.15, 0.2) is 0 Å². The first kappa shape index (κ1) is 12.5. The number of hydrogen-bond acceptors (Lipinski definition) is 3. The highest BCUT2D eigenvalue weighted by Gasteiger charge is 2.14. The van der Waals surface area contributed by atoms with Crippen molar-refractivity contribution in [2.24, 2.45) is 0 Å². The average Bonchev–Trinajstić information content (AvgIpc) is 2.16. The first-order chi connectivity index (χ1) is 7.49. The number of carbonyl (C=O) groups is 1. The molecule has 4 heteroatoms. The first-order valence-corrected chi connectivity index (χ1v) is 5.31. The largest absolute Gasteiger partial charge is 0.399 e. The molecule has 4 nitrogen and oxygen atoms in total. The molecule has 0 spiro atoms. The van der Waals surface area contributed by atoms with Crippen LogP contribution in [0.5, 0.6) is 0 Å². The standard InChI is InChI=1S/C12H18N2O2/c1-8(2)16-9(3)12(15)14-11-6-4-5-10(13)7-11/h4-9H,13H2,1-3H3,(H,14,15). The van der Waals surface area contributed by atoms with Gasteiger partial charge in [-0.25, -0.2) is 0 Å². The lowest BCUT2D eigenvalue weighted by Crippen LogP contribution is -2.29. The van der Waals surface area contributed by atoms with E-state index in [0.29, 0.717) is 11.4 Å².